The van der Waals surface area contributed by atoms with Gasteiger partial charge in [0.1, 0.15) is 0 Å². The van der Waals surface area contributed by atoms with E-state index in [2.05, 4.69) is 40.0 Å². The average Bonchev–Trinajstić information content (AvgIpc) is 3.29. The number of hydrogen-bond donors (Lipinski definition) is 3. The highest BCUT2D eigenvalue weighted by molar-refractivity contribution is 7.11. The number of thiophene rings is 1. The summed E-state index contributed by atoms with van der Waals surface area (Å²) in [5.74, 6) is 1.28. The average molecular weight is 338 g/mol. The second-order valence-electron chi connectivity index (χ2n) is 5.63. The minimum Gasteiger partial charge on any atom is -0.450 e. The first-order chi connectivity index (χ1) is 11.1. The summed E-state index contributed by atoms with van der Waals surface area (Å²) in [5.41, 5.74) is 0. The Hall–Kier alpha value is -1.76. The van der Waals surface area contributed by atoms with Crippen LogP contribution in [-0.2, 0) is 11.3 Å². The van der Waals surface area contributed by atoms with E-state index in [1.54, 1.807) is 18.4 Å². The minimum atomic E-state index is -0.344. The summed E-state index contributed by atoms with van der Waals surface area (Å²) in [7, 11) is 1.75. The van der Waals surface area contributed by atoms with Crippen LogP contribution in [0.25, 0.3) is 0 Å². The molecule has 1 aliphatic rings. The zero-order valence-electron chi connectivity index (χ0n) is 14.0. The Balaban J connectivity index is 1.77. The molecule has 128 valence electrons. The van der Waals surface area contributed by atoms with Crippen molar-refractivity contribution in [2.75, 3.05) is 20.2 Å². The fourth-order valence-corrected chi connectivity index (χ4v) is 3.17. The fourth-order valence-electron chi connectivity index (χ4n) is 2.34. The van der Waals surface area contributed by atoms with Gasteiger partial charge in [-0.2, -0.15) is 0 Å². The summed E-state index contributed by atoms with van der Waals surface area (Å²) < 4.78 is 4.97. The minimum absolute atomic E-state index is 0.0802. The first-order valence-electron chi connectivity index (χ1n) is 8.05. The van der Waals surface area contributed by atoms with Crippen molar-refractivity contribution in [3.8, 4) is 0 Å². The van der Waals surface area contributed by atoms with Gasteiger partial charge in [-0.3, -0.25) is 4.99 Å². The highest BCUT2D eigenvalue weighted by atomic mass is 32.1. The molecule has 0 aromatic carbocycles. The zero-order valence-corrected chi connectivity index (χ0v) is 14.8. The molecule has 6 nitrogen and oxygen atoms in total. The van der Waals surface area contributed by atoms with Crippen LogP contribution in [0, 0.1) is 12.8 Å². The second-order valence-corrected chi connectivity index (χ2v) is 7.00. The lowest BCUT2D eigenvalue weighted by Crippen LogP contribution is -2.48. The molecule has 0 spiro atoms. The Bertz CT molecular complexity index is 540. The van der Waals surface area contributed by atoms with Crippen LogP contribution >= 0.6 is 11.3 Å². The highest BCUT2D eigenvalue weighted by Crippen LogP contribution is 2.32. The molecule has 1 saturated carbocycles. The zero-order chi connectivity index (χ0) is 16.7. The van der Waals surface area contributed by atoms with E-state index < -0.39 is 0 Å². The molecule has 23 heavy (non-hydrogen) atoms. The molecule has 0 radical (unpaired) electrons. The Kier molecular flexibility index (Phi) is 6.70. The van der Waals surface area contributed by atoms with Crippen molar-refractivity contribution < 1.29 is 9.53 Å². The van der Waals surface area contributed by atoms with Crippen LogP contribution in [-0.4, -0.2) is 38.3 Å². The molecule has 7 heteroatoms. The monoisotopic (exact) mass is 338 g/mol. The normalized spacial score (nSPS) is 15.9. The van der Waals surface area contributed by atoms with E-state index in [0.29, 0.717) is 19.1 Å². The quantitative estimate of drug-likeness (QED) is 0.526. The fraction of sp³-hybridized carbons (Fsp3) is 0.625. The molecule has 1 amide bonds. The van der Waals surface area contributed by atoms with Gasteiger partial charge in [0.05, 0.1) is 19.2 Å². The topological polar surface area (TPSA) is 74.8 Å². The summed E-state index contributed by atoms with van der Waals surface area (Å²) in [5, 5.41) is 9.52. The lowest BCUT2D eigenvalue weighted by atomic mass is 10.2. The number of nitrogens with zero attached hydrogens (tertiary/aromatic N) is 1. The molecule has 0 bridgehead atoms. The Morgan fingerprint density at radius 2 is 2.22 bits per heavy atom. The van der Waals surface area contributed by atoms with E-state index in [4.69, 9.17) is 4.74 Å². The maximum Gasteiger partial charge on any atom is 0.407 e. The van der Waals surface area contributed by atoms with Gasteiger partial charge in [0, 0.05) is 23.3 Å². The third kappa shape index (κ3) is 6.09. The number of ether oxygens (including phenoxy) is 1. The molecular formula is C16H26N4O2S. The van der Waals surface area contributed by atoms with Crippen molar-refractivity contribution in [2.45, 2.75) is 39.3 Å². The van der Waals surface area contributed by atoms with E-state index >= 15 is 0 Å². The number of alkyl carbamates (subject to hydrolysis) is 1. The first-order valence-corrected chi connectivity index (χ1v) is 8.87. The summed E-state index contributed by atoms with van der Waals surface area (Å²) in [4.78, 5) is 18.4. The molecule has 0 saturated heterocycles. The van der Waals surface area contributed by atoms with Gasteiger partial charge in [-0.05, 0) is 44.7 Å². The van der Waals surface area contributed by atoms with Gasteiger partial charge in [0.25, 0.3) is 0 Å². The molecule has 1 aliphatic carbocycles. The van der Waals surface area contributed by atoms with Crippen LogP contribution in [0.5, 0.6) is 0 Å². The second kappa shape index (κ2) is 8.76. The number of carbonyl (C=O) groups is 1. The van der Waals surface area contributed by atoms with Gasteiger partial charge >= 0.3 is 6.09 Å². The van der Waals surface area contributed by atoms with E-state index in [1.165, 1.54) is 9.75 Å². The number of aliphatic imine (C=N–C) groups is 1. The number of nitrogens with one attached hydrogen (secondary N) is 3. The molecule has 2 rings (SSSR count). The molecule has 1 aromatic heterocycles. The third-order valence-corrected chi connectivity index (χ3v) is 4.71. The van der Waals surface area contributed by atoms with Gasteiger partial charge < -0.3 is 20.7 Å². The van der Waals surface area contributed by atoms with E-state index in [0.717, 1.165) is 25.3 Å². The lowest BCUT2D eigenvalue weighted by molar-refractivity contribution is 0.146. The summed E-state index contributed by atoms with van der Waals surface area (Å²) >= 11 is 1.77. The van der Waals surface area contributed by atoms with Gasteiger partial charge in [-0.25, -0.2) is 4.79 Å². The molecule has 1 heterocycles. The van der Waals surface area contributed by atoms with Gasteiger partial charge in [-0.1, -0.05) is 0 Å². The van der Waals surface area contributed by atoms with Crippen LogP contribution in [0.2, 0.25) is 0 Å². The Morgan fingerprint density at radius 3 is 2.78 bits per heavy atom. The summed E-state index contributed by atoms with van der Waals surface area (Å²) in [6, 6.07) is 4.32. The maximum atomic E-state index is 11.6. The number of amides is 1. The largest absolute Gasteiger partial charge is 0.450 e. The molecule has 0 aliphatic heterocycles. The van der Waals surface area contributed by atoms with Crippen LogP contribution in [0.15, 0.2) is 17.1 Å². The Morgan fingerprint density at radius 1 is 1.43 bits per heavy atom. The molecule has 1 atom stereocenters. The summed E-state index contributed by atoms with van der Waals surface area (Å²) in [6.07, 6.45) is 1.96. The number of aryl methyl sites for hydroxylation is 1. The van der Waals surface area contributed by atoms with Gasteiger partial charge in [0.15, 0.2) is 5.96 Å². The Labute approximate surface area is 141 Å². The molecule has 1 unspecified atom stereocenters. The highest BCUT2D eigenvalue weighted by Gasteiger charge is 2.32. The predicted octanol–water partition coefficient (Wildman–Crippen LogP) is 2.25. The molecular weight excluding hydrogens is 312 g/mol. The predicted molar refractivity (Wildman–Crippen MR) is 93.9 cm³/mol. The number of hydrogen-bond acceptors (Lipinski definition) is 4. The standard InChI is InChI=1S/C16H26N4O2S/c1-4-22-16(21)20-14(12-6-7-12)10-19-15(17-3)18-9-13-8-5-11(2)23-13/h5,8,12,14H,4,6-7,9-10H2,1-3H3,(H,20,21)(H2,17,18,19). The van der Waals surface area contributed by atoms with Crippen molar-refractivity contribution in [3.05, 3.63) is 21.9 Å². The first kappa shape index (κ1) is 17.6. The number of guanidine groups is 1. The van der Waals surface area contributed by atoms with Crippen LogP contribution in [0.4, 0.5) is 4.79 Å². The van der Waals surface area contributed by atoms with E-state index in [-0.39, 0.29) is 12.1 Å². The van der Waals surface area contributed by atoms with Crippen molar-refractivity contribution >= 4 is 23.4 Å². The van der Waals surface area contributed by atoms with Crippen LogP contribution in [0.1, 0.15) is 29.5 Å². The van der Waals surface area contributed by atoms with Crippen molar-refractivity contribution in [1.29, 1.82) is 0 Å². The molecule has 1 fully saturated rings. The smallest absolute Gasteiger partial charge is 0.407 e. The molecule has 1 aromatic rings. The number of carbonyl (C=O) groups excluding carboxylic acids is 1. The third-order valence-electron chi connectivity index (χ3n) is 3.71. The lowest BCUT2D eigenvalue weighted by Gasteiger charge is -2.20. The van der Waals surface area contributed by atoms with Crippen molar-refractivity contribution in [2.24, 2.45) is 10.9 Å². The maximum absolute atomic E-state index is 11.6. The number of rotatable bonds is 7. The molecule has 3 N–H and O–H groups in total. The van der Waals surface area contributed by atoms with Crippen LogP contribution in [0.3, 0.4) is 0 Å². The van der Waals surface area contributed by atoms with Gasteiger partial charge in [0.2, 0.25) is 0 Å². The van der Waals surface area contributed by atoms with Crippen molar-refractivity contribution in [1.82, 2.24) is 16.0 Å². The SMILES string of the molecule is CCOC(=O)NC(CNC(=NC)NCc1ccc(C)s1)C1CC1. The van der Waals surface area contributed by atoms with E-state index in [9.17, 15) is 4.79 Å². The van der Waals surface area contributed by atoms with Crippen molar-refractivity contribution in [3.63, 3.8) is 0 Å². The van der Waals surface area contributed by atoms with E-state index in [1.807, 2.05) is 6.92 Å². The van der Waals surface area contributed by atoms with Crippen LogP contribution < -0.4 is 16.0 Å². The van der Waals surface area contributed by atoms with Gasteiger partial charge in [-0.15, -0.1) is 11.3 Å². The summed E-state index contributed by atoms with van der Waals surface area (Å²) in [6.45, 7) is 5.69.